The van der Waals surface area contributed by atoms with Crippen molar-refractivity contribution in [2.45, 2.75) is 25.9 Å². The van der Waals surface area contributed by atoms with Crippen molar-refractivity contribution >= 4 is 23.3 Å². The first-order valence-corrected chi connectivity index (χ1v) is 7.65. The Morgan fingerprint density at radius 1 is 1.14 bits per heavy atom. The number of rotatable bonds is 3. The minimum atomic E-state index is -0.621. The number of nitrogens with one attached hydrogen (secondary N) is 2. The molecule has 0 saturated carbocycles. The minimum absolute atomic E-state index is 0.161. The fourth-order valence-electron chi connectivity index (χ4n) is 2.73. The Hall–Kier alpha value is -2.04. The van der Waals surface area contributed by atoms with E-state index in [0.717, 1.165) is 16.8 Å². The van der Waals surface area contributed by atoms with Gasteiger partial charge in [-0.3, -0.25) is 0 Å². The summed E-state index contributed by atoms with van der Waals surface area (Å²) in [6.45, 7) is 4.02. The molecule has 0 aliphatic carbocycles. The lowest BCUT2D eigenvalue weighted by Gasteiger charge is -2.29. The largest absolute Gasteiger partial charge is 0.338 e. The van der Waals surface area contributed by atoms with Crippen LogP contribution in [0.2, 0.25) is 5.02 Å². The van der Waals surface area contributed by atoms with Gasteiger partial charge in [-0.05, 0) is 42.7 Å². The van der Waals surface area contributed by atoms with E-state index in [1.165, 1.54) is 0 Å². The van der Waals surface area contributed by atoms with Gasteiger partial charge in [-0.1, -0.05) is 48.9 Å². The van der Waals surface area contributed by atoms with Crippen LogP contribution in [0, 0.1) is 6.92 Å². The Morgan fingerprint density at radius 2 is 1.82 bits per heavy atom. The Balaban J connectivity index is 1.98. The lowest BCUT2D eigenvalue weighted by Crippen LogP contribution is -2.48. The molecule has 22 heavy (non-hydrogen) atoms. The van der Waals surface area contributed by atoms with Crippen molar-refractivity contribution < 1.29 is 4.79 Å². The van der Waals surface area contributed by atoms with E-state index in [4.69, 9.17) is 11.6 Å². The van der Waals surface area contributed by atoms with Gasteiger partial charge in [-0.2, -0.15) is 5.43 Å². The Bertz CT molecular complexity index is 701. The zero-order valence-electron chi connectivity index (χ0n) is 12.6. The fourth-order valence-corrected chi connectivity index (χ4v) is 2.86. The van der Waals surface area contributed by atoms with Crippen LogP contribution in [0.3, 0.4) is 0 Å². The summed E-state index contributed by atoms with van der Waals surface area (Å²) >= 11 is 5.96. The van der Waals surface area contributed by atoms with Crippen LogP contribution in [0.4, 0.5) is 10.5 Å². The van der Waals surface area contributed by atoms with Crippen LogP contribution < -0.4 is 15.8 Å². The van der Waals surface area contributed by atoms with Crippen molar-refractivity contribution in [3.63, 3.8) is 0 Å². The first kappa shape index (κ1) is 14.9. The molecule has 3 rings (SSSR count). The molecule has 1 saturated heterocycles. The van der Waals surface area contributed by atoms with Crippen LogP contribution in [0.25, 0.3) is 0 Å². The molecule has 0 radical (unpaired) electrons. The number of hydrogen-bond donors (Lipinski definition) is 2. The second-order valence-electron chi connectivity index (χ2n) is 5.43. The number of aryl methyl sites for hydroxylation is 1. The minimum Gasteiger partial charge on any atom is -0.313 e. The maximum Gasteiger partial charge on any atom is 0.338 e. The topological polar surface area (TPSA) is 44.4 Å². The third-order valence-corrected chi connectivity index (χ3v) is 4.30. The number of hydrogen-bond acceptors (Lipinski definition) is 2. The van der Waals surface area contributed by atoms with Crippen LogP contribution in [0.1, 0.15) is 24.5 Å². The number of carbonyl (C=O) groups is 1. The van der Waals surface area contributed by atoms with Crippen molar-refractivity contribution in [3.8, 4) is 0 Å². The van der Waals surface area contributed by atoms with Gasteiger partial charge >= 0.3 is 6.03 Å². The molecular formula is C17H18ClN3O. The molecular weight excluding hydrogens is 298 g/mol. The smallest absolute Gasteiger partial charge is 0.313 e. The van der Waals surface area contributed by atoms with Gasteiger partial charge in [0.2, 0.25) is 0 Å². The SMILES string of the molecule is CCC1(c2ccc(Cl)cc2)NC(=O)N(c2ccccc2C)N1. The monoisotopic (exact) mass is 315 g/mol. The number of urea groups is 1. The number of amides is 2. The van der Waals surface area contributed by atoms with E-state index < -0.39 is 5.66 Å². The summed E-state index contributed by atoms with van der Waals surface area (Å²) in [5.41, 5.74) is 5.57. The predicted octanol–water partition coefficient (Wildman–Crippen LogP) is 3.95. The molecule has 1 heterocycles. The van der Waals surface area contributed by atoms with Crippen molar-refractivity contribution in [1.82, 2.24) is 10.7 Å². The average molecular weight is 316 g/mol. The van der Waals surface area contributed by atoms with Crippen molar-refractivity contribution in [3.05, 3.63) is 64.7 Å². The van der Waals surface area contributed by atoms with E-state index in [-0.39, 0.29) is 6.03 Å². The van der Waals surface area contributed by atoms with E-state index >= 15 is 0 Å². The molecule has 1 fully saturated rings. The summed E-state index contributed by atoms with van der Waals surface area (Å²) in [7, 11) is 0. The van der Waals surface area contributed by atoms with Crippen LogP contribution in [-0.2, 0) is 5.66 Å². The standard InChI is InChI=1S/C17H18ClN3O/c1-3-17(13-8-10-14(18)11-9-13)19-16(22)21(20-17)15-7-5-4-6-12(15)2/h4-11,20H,3H2,1-2H3,(H,19,22). The molecule has 114 valence electrons. The summed E-state index contributed by atoms with van der Waals surface area (Å²) in [5, 5.41) is 5.31. The lowest BCUT2D eigenvalue weighted by atomic mass is 9.98. The van der Waals surface area contributed by atoms with Crippen molar-refractivity contribution in [2.75, 3.05) is 5.01 Å². The third kappa shape index (κ3) is 2.45. The highest BCUT2D eigenvalue weighted by atomic mass is 35.5. The predicted molar refractivity (Wildman–Crippen MR) is 88.7 cm³/mol. The summed E-state index contributed by atoms with van der Waals surface area (Å²) in [5.74, 6) is 0. The van der Waals surface area contributed by atoms with Crippen LogP contribution in [0.15, 0.2) is 48.5 Å². The molecule has 2 amide bonds. The van der Waals surface area contributed by atoms with E-state index in [2.05, 4.69) is 10.7 Å². The third-order valence-electron chi connectivity index (χ3n) is 4.05. The van der Waals surface area contributed by atoms with Crippen LogP contribution >= 0.6 is 11.6 Å². The molecule has 2 aromatic rings. The highest BCUT2D eigenvalue weighted by Crippen LogP contribution is 2.31. The van der Waals surface area contributed by atoms with Crippen LogP contribution in [-0.4, -0.2) is 6.03 Å². The number of benzene rings is 2. The van der Waals surface area contributed by atoms with E-state index in [9.17, 15) is 4.79 Å². The van der Waals surface area contributed by atoms with Gasteiger partial charge < -0.3 is 5.32 Å². The normalized spacial score (nSPS) is 21.0. The summed E-state index contributed by atoms with van der Waals surface area (Å²) in [4.78, 5) is 12.5. The number of hydrazine groups is 1. The zero-order chi connectivity index (χ0) is 15.7. The molecule has 0 bridgehead atoms. The summed E-state index contributed by atoms with van der Waals surface area (Å²) in [6, 6.07) is 15.2. The summed E-state index contributed by atoms with van der Waals surface area (Å²) < 4.78 is 0. The quantitative estimate of drug-likeness (QED) is 0.901. The average Bonchev–Trinajstić information content (AvgIpc) is 2.86. The molecule has 4 nitrogen and oxygen atoms in total. The van der Waals surface area contributed by atoms with Gasteiger partial charge in [0.05, 0.1) is 5.69 Å². The zero-order valence-corrected chi connectivity index (χ0v) is 13.3. The molecule has 0 spiro atoms. The molecule has 2 aromatic carbocycles. The van der Waals surface area contributed by atoms with Crippen LogP contribution in [0.5, 0.6) is 0 Å². The number of nitrogens with zero attached hydrogens (tertiary/aromatic N) is 1. The van der Waals surface area contributed by atoms with Gasteiger partial charge in [0.25, 0.3) is 0 Å². The molecule has 1 unspecified atom stereocenters. The highest BCUT2D eigenvalue weighted by molar-refractivity contribution is 6.30. The maximum absolute atomic E-state index is 12.5. The summed E-state index contributed by atoms with van der Waals surface area (Å²) in [6.07, 6.45) is 0.711. The number of carbonyl (C=O) groups excluding carboxylic acids is 1. The first-order valence-electron chi connectivity index (χ1n) is 7.27. The van der Waals surface area contributed by atoms with E-state index in [0.29, 0.717) is 11.4 Å². The molecule has 1 aliphatic heterocycles. The van der Waals surface area contributed by atoms with Gasteiger partial charge in [0.1, 0.15) is 5.66 Å². The number of para-hydroxylation sites is 1. The number of halogens is 1. The van der Waals surface area contributed by atoms with Gasteiger partial charge in [-0.25, -0.2) is 9.80 Å². The molecule has 0 aromatic heterocycles. The second-order valence-corrected chi connectivity index (χ2v) is 5.87. The Kier molecular flexibility index (Phi) is 3.81. The molecule has 5 heteroatoms. The Labute approximate surface area is 135 Å². The highest BCUT2D eigenvalue weighted by Gasteiger charge is 2.43. The first-order chi connectivity index (χ1) is 10.6. The van der Waals surface area contributed by atoms with Gasteiger partial charge in [0.15, 0.2) is 0 Å². The lowest BCUT2D eigenvalue weighted by molar-refractivity contribution is 0.245. The number of anilines is 1. The molecule has 2 N–H and O–H groups in total. The maximum atomic E-state index is 12.5. The Morgan fingerprint density at radius 3 is 2.45 bits per heavy atom. The van der Waals surface area contributed by atoms with Crippen molar-refractivity contribution in [1.29, 1.82) is 0 Å². The van der Waals surface area contributed by atoms with Gasteiger partial charge in [0, 0.05) is 5.02 Å². The van der Waals surface area contributed by atoms with Gasteiger partial charge in [-0.15, -0.1) is 0 Å². The van der Waals surface area contributed by atoms with E-state index in [1.807, 2.05) is 62.4 Å². The second kappa shape index (κ2) is 5.63. The fraction of sp³-hybridized carbons (Fsp3) is 0.235. The van der Waals surface area contributed by atoms with Crippen molar-refractivity contribution in [2.24, 2.45) is 0 Å². The molecule has 1 aliphatic rings. The van der Waals surface area contributed by atoms with E-state index in [1.54, 1.807) is 5.01 Å². The molecule has 1 atom stereocenters.